The van der Waals surface area contributed by atoms with Gasteiger partial charge in [-0.2, -0.15) is 10.5 Å². The highest BCUT2D eigenvalue weighted by Crippen LogP contribution is 2.21. The Hall–Kier alpha value is -2.77. The molecule has 0 spiro atoms. The number of rotatable bonds is 8. The lowest BCUT2D eigenvalue weighted by Crippen LogP contribution is -2.34. The van der Waals surface area contributed by atoms with Crippen LogP contribution in [0.2, 0.25) is 0 Å². The fourth-order valence-corrected chi connectivity index (χ4v) is 2.85. The highest BCUT2D eigenvalue weighted by atomic mass is 32.2. The fourth-order valence-electron chi connectivity index (χ4n) is 2.09. The SMILES string of the molecule is N#CCCN(CCC#N)C(=O)CSc1ncc(-c2ccccc2)[nH]1. The molecule has 2 aromatic rings. The maximum atomic E-state index is 12.2. The summed E-state index contributed by atoms with van der Waals surface area (Å²) in [6, 6.07) is 13.9. The Kier molecular flexibility index (Phi) is 6.88. The Balaban J connectivity index is 1.92. The van der Waals surface area contributed by atoms with Crippen LogP contribution in [0.15, 0.2) is 41.7 Å². The molecule has 1 amide bonds. The second-order valence-electron chi connectivity index (χ2n) is 4.95. The van der Waals surface area contributed by atoms with E-state index in [2.05, 4.69) is 9.97 Å². The molecule has 7 heteroatoms. The van der Waals surface area contributed by atoms with E-state index in [0.29, 0.717) is 18.2 Å². The summed E-state index contributed by atoms with van der Waals surface area (Å²) in [7, 11) is 0. The summed E-state index contributed by atoms with van der Waals surface area (Å²) in [5.74, 6) is 0.127. The number of carbonyl (C=O) groups is 1. The zero-order valence-corrected chi connectivity index (χ0v) is 13.9. The third-order valence-corrected chi connectivity index (χ3v) is 4.18. The van der Waals surface area contributed by atoms with E-state index in [-0.39, 0.29) is 24.5 Å². The van der Waals surface area contributed by atoms with E-state index in [1.165, 1.54) is 11.8 Å². The first-order valence-electron chi connectivity index (χ1n) is 7.49. The van der Waals surface area contributed by atoms with Crippen molar-refractivity contribution in [3.05, 3.63) is 36.5 Å². The van der Waals surface area contributed by atoms with Crippen molar-refractivity contribution in [1.82, 2.24) is 14.9 Å². The molecule has 0 atom stereocenters. The molecule has 24 heavy (non-hydrogen) atoms. The van der Waals surface area contributed by atoms with Crippen molar-refractivity contribution in [2.45, 2.75) is 18.0 Å². The summed E-state index contributed by atoms with van der Waals surface area (Å²) in [5, 5.41) is 18.0. The normalized spacial score (nSPS) is 9.92. The molecule has 0 aliphatic rings. The van der Waals surface area contributed by atoms with Gasteiger partial charge in [0.25, 0.3) is 0 Å². The lowest BCUT2D eigenvalue weighted by atomic mass is 10.2. The summed E-state index contributed by atoms with van der Waals surface area (Å²) < 4.78 is 0. The van der Waals surface area contributed by atoms with Crippen LogP contribution in [0.5, 0.6) is 0 Å². The number of nitriles is 2. The van der Waals surface area contributed by atoms with Gasteiger partial charge >= 0.3 is 0 Å². The molecule has 6 nitrogen and oxygen atoms in total. The van der Waals surface area contributed by atoms with E-state index in [1.807, 2.05) is 42.5 Å². The number of hydrogen-bond donors (Lipinski definition) is 1. The molecule has 1 N–H and O–H groups in total. The predicted molar refractivity (Wildman–Crippen MR) is 91.8 cm³/mol. The Bertz CT molecular complexity index is 726. The first-order valence-corrected chi connectivity index (χ1v) is 8.48. The van der Waals surface area contributed by atoms with Crippen LogP contribution >= 0.6 is 11.8 Å². The third kappa shape index (κ3) is 5.15. The van der Waals surface area contributed by atoms with Gasteiger partial charge in [-0.05, 0) is 5.56 Å². The number of thioether (sulfide) groups is 1. The molecule has 0 radical (unpaired) electrons. The van der Waals surface area contributed by atoms with Crippen molar-refractivity contribution in [2.24, 2.45) is 0 Å². The number of nitrogens with zero attached hydrogens (tertiary/aromatic N) is 4. The zero-order valence-electron chi connectivity index (χ0n) is 13.1. The first kappa shape index (κ1) is 17.6. The van der Waals surface area contributed by atoms with Gasteiger partial charge in [0.05, 0.1) is 42.6 Å². The van der Waals surface area contributed by atoms with Crippen LogP contribution in [0.4, 0.5) is 0 Å². The average Bonchev–Trinajstić information content (AvgIpc) is 3.09. The minimum absolute atomic E-state index is 0.0943. The smallest absolute Gasteiger partial charge is 0.233 e. The molecule has 0 unspecified atom stereocenters. The molecule has 1 aromatic carbocycles. The number of hydrogen-bond acceptors (Lipinski definition) is 5. The fraction of sp³-hybridized carbons (Fsp3) is 0.294. The molecule has 1 heterocycles. The van der Waals surface area contributed by atoms with Crippen LogP contribution in [-0.2, 0) is 4.79 Å². The van der Waals surface area contributed by atoms with Crippen molar-refractivity contribution in [1.29, 1.82) is 10.5 Å². The largest absolute Gasteiger partial charge is 0.340 e. The molecule has 0 aliphatic carbocycles. The summed E-state index contributed by atoms with van der Waals surface area (Å²) >= 11 is 1.32. The molecule has 2 rings (SSSR count). The first-order chi connectivity index (χ1) is 11.7. The van der Waals surface area contributed by atoms with Crippen molar-refractivity contribution in [3.8, 4) is 23.4 Å². The van der Waals surface area contributed by atoms with Gasteiger partial charge in [-0.3, -0.25) is 4.79 Å². The maximum Gasteiger partial charge on any atom is 0.233 e. The number of carbonyl (C=O) groups excluding carboxylic acids is 1. The number of imidazole rings is 1. The van der Waals surface area contributed by atoms with E-state index in [0.717, 1.165) is 11.3 Å². The Morgan fingerprint density at radius 3 is 2.46 bits per heavy atom. The second kappa shape index (κ2) is 9.39. The molecule has 0 bridgehead atoms. The number of benzene rings is 1. The molecular weight excluding hydrogens is 322 g/mol. The monoisotopic (exact) mass is 339 g/mol. The Morgan fingerprint density at radius 1 is 1.17 bits per heavy atom. The van der Waals surface area contributed by atoms with E-state index < -0.39 is 0 Å². The number of H-pyrrole nitrogens is 1. The molecule has 0 fully saturated rings. The minimum atomic E-state index is -0.0943. The molecular formula is C17H17N5OS. The predicted octanol–water partition coefficient (Wildman–Crippen LogP) is 2.82. The lowest BCUT2D eigenvalue weighted by molar-refractivity contribution is -0.128. The maximum absolute atomic E-state index is 12.2. The third-order valence-electron chi connectivity index (χ3n) is 3.31. The van der Waals surface area contributed by atoms with Crippen LogP contribution in [0.3, 0.4) is 0 Å². The van der Waals surface area contributed by atoms with E-state index >= 15 is 0 Å². The van der Waals surface area contributed by atoms with Crippen molar-refractivity contribution < 1.29 is 4.79 Å². The molecule has 1 aromatic heterocycles. The number of aromatic nitrogens is 2. The van der Waals surface area contributed by atoms with Crippen LogP contribution < -0.4 is 0 Å². The summed E-state index contributed by atoms with van der Waals surface area (Å²) in [4.78, 5) is 21.3. The number of amides is 1. The minimum Gasteiger partial charge on any atom is -0.340 e. The van der Waals surface area contributed by atoms with Gasteiger partial charge in [0, 0.05) is 13.1 Å². The van der Waals surface area contributed by atoms with Gasteiger partial charge in [0.2, 0.25) is 5.91 Å². The van der Waals surface area contributed by atoms with Crippen molar-refractivity contribution in [3.63, 3.8) is 0 Å². The Labute approximate surface area is 145 Å². The van der Waals surface area contributed by atoms with E-state index in [9.17, 15) is 4.79 Å². The molecule has 0 saturated carbocycles. The number of nitrogens with one attached hydrogen (secondary N) is 1. The van der Waals surface area contributed by atoms with Crippen molar-refractivity contribution in [2.75, 3.05) is 18.8 Å². The van der Waals surface area contributed by atoms with Gasteiger partial charge in [0.1, 0.15) is 0 Å². The van der Waals surface area contributed by atoms with Gasteiger partial charge in [-0.1, -0.05) is 42.1 Å². The van der Waals surface area contributed by atoms with Crippen LogP contribution in [0.1, 0.15) is 12.8 Å². The highest BCUT2D eigenvalue weighted by molar-refractivity contribution is 7.99. The average molecular weight is 339 g/mol. The number of aromatic amines is 1. The van der Waals surface area contributed by atoms with Gasteiger partial charge in [0.15, 0.2) is 5.16 Å². The second-order valence-corrected chi connectivity index (χ2v) is 5.92. The summed E-state index contributed by atoms with van der Waals surface area (Å²) in [5.41, 5.74) is 1.93. The van der Waals surface area contributed by atoms with E-state index in [1.54, 1.807) is 11.1 Å². The van der Waals surface area contributed by atoms with Gasteiger partial charge in [-0.25, -0.2) is 4.98 Å². The van der Waals surface area contributed by atoms with Gasteiger partial charge < -0.3 is 9.88 Å². The van der Waals surface area contributed by atoms with E-state index in [4.69, 9.17) is 10.5 Å². The quantitative estimate of drug-likeness (QED) is 0.746. The van der Waals surface area contributed by atoms with Crippen LogP contribution in [0, 0.1) is 22.7 Å². The summed E-state index contributed by atoms with van der Waals surface area (Å²) in [6.45, 7) is 0.704. The van der Waals surface area contributed by atoms with Crippen LogP contribution in [0.25, 0.3) is 11.3 Å². The standard InChI is InChI=1S/C17H17N5OS/c18-8-4-10-22(11-5-9-19)16(23)13-24-17-20-12-15(21-17)14-6-2-1-3-7-14/h1-3,6-7,12H,4-5,10-11,13H2,(H,20,21). The highest BCUT2D eigenvalue weighted by Gasteiger charge is 2.14. The zero-order chi connectivity index (χ0) is 17.2. The summed E-state index contributed by atoms with van der Waals surface area (Å²) in [6.07, 6.45) is 2.27. The Morgan fingerprint density at radius 2 is 1.83 bits per heavy atom. The topological polar surface area (TPSA) is 96.6 Å². The molecule has 0 saturated heterocycles. The van der Waals surface area contributed by atoms with Gasteiger partial charge in [-0.15, -0.1) is 0 Å². The molecule has 0 aliphatic heterocycles. The lowest BCUT2D eigenvalue weighted by Gasteiger charge is -2.19. The van der Waals surface area contributed by atoms with Crippen molar-refractivity contribution >= 4 is 17.7 Å². The van der Waals surface area contributed by atoms with Crippen LogP contribution in [-0.4, -0.2) is 39.6 Å². The molecule has 122 valence electrons.